The Labute approximate surface area is 159 Å². The van der Waals surface area contributed by atoms with Crippen molar-refractivity contribution < 1.29 is 9.53 Å². The molecule has 1 fully saturated rings. The highest BCUT2D eigenvalue weighted by molar-refractivity contribution is 6.74. The van der Waals surface area contributed by atoms with Crippen LogP contribution in [0.1, 0.15) is 33.2 Å². The summed E-state index contributed by atoms with van der Waals surface area (Å²) in [5.74, 6) is -0.128. The fraction of sp³-hybridized carbons (Fsp3) is 0.611. The smallest absolute Gasteiger partial charge is 0.280 e. The molecule has 0 radical (unpaired) electrons. The summed E-state index contributed by atoms with van der Waals surface area (Å²) in [6.45, 7) is 15.6. The monoisotopic (exact) mass is 391 g/mol. The van der Waals surface area contributed by atoms with E-state index >= 15 is 0 Å². The Bertz CT molecular complexity index is 927. The maximum Gasteiger partial charge on any atom is 0.280 e. The number of aromatic nitrogens is 4. The Morgan fingerprint density at radius 1 is 1.48 bits per heavy atom. The van der Waals surface area contributed by atoms with Crippen LogP contribution in [0.4, 0.5) is 5.95 Å². The molecule has 0 amide bonds. The number of anilines is 1. The molecule has 2 heterocycles. The third kappa shape index (κ3) is 3.46. The van der Waals surface area contributed by atoms with Gasteiger partial charge in [0.1, 0.15) is 0 Å². The molecule has 4 N–H and O–H groups in total. The maximum absolute atomic E-state index is 12.0. The zero-order chi connectivity index (χ0) is 20.1. The molecule has 0 aromatic carbocycles. The molecule has 9 heteroatoms. The minimum absolute atomic E-state index is 0.0382. The van der Waals surface area contributed by atoms with Crippen molar-refractivity contribution in [1.29, 1.82) is 0 Å². The van der Waals surface area contributed by atoms with Crippen molar-refractivity contribution in [2.75, 3.05) is 12.3 Å². The minimum Gasteiger partial charge on any atom is -0.416 e. The summed E-state index contributed by atoms with van der Waals surface area (Å²) in [5, 5.41) is 10.7. The number of imidazole rings is 1. The van der Waals surface area contributed by atoms with Crippen LogP contribution in [0, 0.1) is 5.92 Å². The SMILES string of the molecule is C=C1[C@H](CO[Si](C)(C)C(C)(C)C)[C@@H](O)C[C@@H]1n1cnc2c(=O)[nH]c(N)nc21. The van der Waals surface area contributed by atoms with Crippen LogP contribution in [-0.4, -0.2) is 45.7 Å². The van der Waals surface area contributed by atoms with Crippen molar-refractivity contribution in [1.82, 2.24) is 19.5 Å². The molecule has 27 heavy (non-hydrogen) atoms. The number of nitrogens with zero attached hydrogens (tertiary/aromatic N) is 3. The van der Waals surface area contributed by atoms with Crippen LogP contribution in [-0.2, 0) is 4.43 Å². The summed E-state index contributed by atoms with van der Waals surface area (Å²) in [6, 6.07) is -0.202. The fourth-order valence-electron chi connectivity index (χ4n) is 3.23. The summed E-state index contributed by atoms with van der Waals surface area (Å²) in [4.78, 5) is 22.8. The first-order chi connectivity index (χ1) is 12.4. The number of nitrogens with two attached hydrogens (primary N) is 1. The van der Waals surface area contributed by atoms with Crippen molar-refractivity contribution in [3.05, 3.63) is 28.8 Å². The molecule has 2 aromatic heterocycles. The lowest BCUT2D eigenvalue weighted by Gasteiger charge is -2.37. The van der Waals surface area contributed by atoms with Crippen LogP contribution < -0.4 is 11.3 Å². The van der Waals surface area contributed by atoms with E-state index in [1.165, 1.54) is 0 Å². The van der Waals surface area contributed by atoms with E-state index in [2.05, 4.69) is 55.4 Å². The van der Waals surface area contributed by atoms with Gasteiger partial charge in [-0.05, 0) is 30.1 Å². The number of fused-ring (bicyclic) bond motifs is 1. The van der Waals surface area contributed by atoms with E-state index in [1.807, 2.05) is 0 Å². The number of rotatable bonds is 4. The lowest BCUT2D eigenvalue weighted by Crippen LogP contribution is -2.42. The Kier molecular flexibility index (Phi) is 4.81. The van der Waals surface area contributed by atoms with E-state index in [-0.39, 0.29) is 34.0 Å². The van der Waals surface area contributed by atoms with Gasteiger partial charge >= 0.3 is 0 Å². The van der Waals surface area contributed by atoms with Gasteiger partial charge in [0.2, 0.25) is 5.95 Å². The molecular formula is C18H29N5O3Si. The van der Waals surface area contributed by atoms with Gasteiger partial charge in [-0.1, -0.05) is 27.4 Å². The standard InChI is InChI=1S/C18H29N5O3Si/c1-10-11(8-26-27(5,6)18(2,3)4)13(24)7-12(10)23-9-20-14-15(23)21-17(19)22-16(14)25/h9,11-13,24H,1,7-8H2,2-6H3,(H3,19,21,22,25)/t11-,12-,13-/m0/s1. The second-order valence-corrected chi connectivity index (χ2v) is 13.7. The molecule has 0 unspecified atom stereocenters. The third-order valence-corrected chi connectivity index (χ3v) is 10.6. The molecule has 148 valence electrons. The highest BCUT2D eigenvalue weighted by Crippen LogP contribution is 2.42. The van der Waals surface area contributed by atoms with Crippen LogP contribution >= 0.6 is 0 Å². The molecule has 2 aromatic rings. The van der Waals surface area contributed by atoms with E-state index in [4.69, 9.17) is 10.2 Å². The zero-order valence-electron chi connectivity index (χ0n) is 16.6. The van der Waals surface area contributed by atoms with Gasteiger partial charge in [-0.2, -0.15) is 4.98 Å². The summed E-state index contributed by atoms with van der Waals surface area (Å²) < 4.78 is 8.09. The van der Waals surface area contributed by atoms with Gasteiger partial charge in [-0.15, -0.1) is 0 Å². The molecule has 0 saturated heterocycles. The highest BCUT2D eigenvalue weighted by atomic mass is 28.4. The topological polar surface area (TPSA) is 119 Å². The van der Waals surface area contributed by atoms with Crippen LogP contribution in [0.3, 0.4) is 0 Å². The molecule has 8 nitrogen and oxygen atoms in total. The number of H-pyrrole nitrogens is 1. The van der Waals surface area contributed by atoms with E-state index in [0.29, 0.717) is 18.7 Å². The van der Waals surface area contributed by atoms with Crippen molar-refractivity contribution >= 4 is 25.4 Å². The number of aliphatic hydroxyl groups excluding tert-OH is 1. The number of hydrogen-bond donors (Lipinski definition) is 3. The van der Waals surface area contributed by atoms with Gasteiger partial charge in [0.25, 0.3) is 5.56 Å². The molecule has 3 rings (SSSR count). The number of nitrogen functional groups attached to an aromatic ring is 1. The Morgan fingerprint density at radius 2 is 2.15 bits per heavy atom. The van der Waals surface area contributed by atoms with Crippen molar-refractivity contribution in [2.24, 2.45) is 5.92 Å². The Balaban J connectivity index is 1.85. The molecular weight excluding hydrogens is 362 g/mol. The van der Waals surface area contributed by atoms with Crippen molar-refractivity contribution in [3.8, 4) is 0 Å². The van der Waals surface area contributed by atoms with Gasteiger partial charge < -0.3 is 19.8 Å². The quantitative estimate of drug-likeness (QED) is 0.543. The second-order valence-electron chi connectivity index (χ2n) is 8.85. The van der Waals surface area contributed by atoms with Crippen LogP contribution in [0.25, 0.3) is 11.2 Å². The van der Waals surface area contributed by atoms with Gasteiger partial charge in [-0.3, -0.25) is 9.78 Å². The Morgan fingerprint density at radius 3 is 2.78 bits per heavy atom. The number of nitrogens with one attached hydrogen (secondary N) is 1. The predicted molar refractivity (Wildman–Crippen MR) is 108 cm³/mol. The number of hydrogen-bond acceptors (Lipinski definition) is 6. The van der Waals surface area contributed by atoms with Gasteiger partial charge in [0.15, 0.2) is 19.5 Å². The lowest BCUT2D eigenvalue weighted by atomic mass is 10.0. The molecule has 3 atom stereocenters. The highest BCUT2D eigenvalue weighted by Gasteiger charge is 2.42. The first-order valence-electron chi connectivity index (χ1n) is 9.15. The van der Waals surface area contributed by atoms with E-state index in [9.17, 15) is 9.90 Å². The minimum atomic E-state index is -1.92. The third-order valence-electron chi connectivity index (χ3n) is 6.05. The molecule has 0 aliphatic heterocycles. The molecule has 1 saturated carbocycles. The molecule has 1 aliphatic carbocycles. The molecule has 0 bridgehead atoms. The predicted octanol–water partition coefficient (Wildman–Crippen LogP) is 2.20. The maximum atomic E-state index is 12.0. The lowest BCUT2D eigenvalue weighted by molar-refractivity contribution is 0.104. The van der Waals surface area contributed by atoms with Crippen LogP contribution in [0.2, 0.25) is 18.1 Å². The number of aliphatic hydroxyl groups is 1. The average Bonchev–Trinajstić information content (AvgIpc) is 3.06. The zero-order valence-corrected chi connectivity index (χ0v) is 17.6. The average molecular weight is 392 g/mol. The van der Waals surface area contributed by atoms with E-state index in [1.54, 1.807) is 10.9 Å². The Hall–Kier alpha value is -1.97. The molecule has 0 spiro atoms. The van der Waals surface area contributed by atoms with E-state index in [0.717, 1.165) is 5.57 Å². The first kappa shape index (κ1) is 19.8. The number of aromatic amines is 1. The summed E-state index contributed by atoms with van der Waals surface area (Å²) in [5.41, 5.74) is 6.80. The van der Waals surface area contributed by atoms with Gasteiger partial charge in [0, 0.05) is 12.5 Å². The fourth-order valence-corrected chi connectivity index (χ4v) is 4.26. The van der Waals surface area contributed by atoms with E-state index < -0.39 is 14.4 Å². The molecule has 1 aliphatic rings. The summed E-state index contributed by atoms with van der Waals surface area (Å²) >= 11 is 0. The summed E-state index contributed by atoms with van der Waals surface area (Å²) in [7, 11) is -1.92. The normalized spacial score (nSPS) is 24.1. The van der Waals surface area contributed by atoms with Gasteiger partial charge in [0.05, 0.1) is 18.5 Å². The van der Waals surface area contributed by atoms with Crippen molar-refractivity contribution in [2.45, 2.75) is 57.5 Å². The largest absolute Gasteiger partial charge is 0.416 e. The van der Waals surface area contributed by atoms with Crippen LogP contribution in [0.15, 0.2) is 23.3 Å². The van der Waals surface area contributed by atoms with Gasteiger partial charge in [-0.25, -0.2) is 4.98 Å². The van der Waals surface area contributed by atoms with Crippen molar-refractivity contribution in [3.63, 3.8) is 0 Å². The second kappa shape index (κ2) is 6.57. The van der Waals surface area contributed by atoms with Crippen LogP contribution in [0.5, 0.6) is 0 Å². The summed E-state index contributed by atoms with van der Waals surface area (Å²) in [6.07, 6.45) is 1.47. The first-order valence-corrected chi connectivity index (χ1v) is 12.1.